The van der Waals surface area contributed by atoms with Crippen LogP contribution >= 0.6 is 0 Å². The molecule has 8 heteroatoms. The van der Waals surface area contributed by atoms with Crippen molar-refractivity contribution in [3.8, 4) is 0 Å². The molecule has 1 aliphatic heterocycles. The molecular weight excluding hydrogens is 270 g/mol. The van der Waals surface area contributed by atoms with E-state index in [9.17, 15) is 13.2 Å². The molecule has 0 aliphatic carbocycles. The molecular formula is C11H23N3O4S. The standard InChI is InChI=1S/C11H23N3O4S/c1-3-18-11(15)10-6-4-9-14(10)19(16,17)13-8-5-7-12-2/h10,12-13H,3-9H2,1-2H3. The Kier molecular flexibility index (Phi) is 6.70. The molecule has 0 aromatic heterocycles. The van der Waals surface area contributed by atoms with Gasteiger partial charge in [-0.05, 0) is 39.8 Å². The first-order valence-electron chi connectivity index (χ1n) is 6.60. The number of hydrogen-bond acceptors (Lipinski definition) is 5. The summed E-state index contributed by atoms with van der Waals surface area (Å²) < 4.78 is 32.8. The Morgan fingerprint density at radius 1 is 1.42 bits per heavy atom. The number of carbonyl (C=O) groups excluding carboxylic acids is 1. The van der Waals surface area contributed by atoms with E-state index in [-0.39, 0.29) is 6.61 Å². The average molecular weight is 293 g/mol. The van der Waals surface area contributed by atoms with Gasteiger partial charge < -0.3 is 10.1 Å². The predicted octanol–water partition coefficient (Wildman–Crippen LogP) is -0.542. The molecule has 19 heavy (non-hydrogen) atoms. The van der Waals surface area contributed by atoms with Crippen molar-refractivity contribution in [2.45, 2.75) is 32.2 Å². The molecule has 0 aromatic rings. The minimum absolute atomic E-state index is 0.263. The topological polar surface area (TPSA) is 87.7 Å². The second-order valence-electron chi connectivity index (χ2n) is 4.38. The lowest BCUT2D eigenvalue weighted by Gasteiger charge is -2.22. The third kappa shape index (κ3) is 4.72. The lowest BCUT2D eigenvalue weighted by molar-refractivity contribution is -0.146. The van der Waals surface area contributed by atoms with Gasteiger partial charge in [0.05, 0.1) is 6.61 Å². The van der Waals surface area contributed by atoms with E-state index < -0.39 is 22.2 Å². The summed E-state index contributed by atoms with van der Waals surface area (Å²) in [5.41, 5.74) is 0. The fourth-order valence-electron chi connectivity index (χ4n) is 2.05. The molecule has 2 N–H and O–H groups in total. The van der Waals surface area contributed by atoms with Crippen LogP contribution in [0.4, 0.5) is 0 Å². The molecule has 0 aromatic carbocycles. The summed E-state index contributed by atoms with van der Waals surface area (Å²) in [6.45, 7) is 3.43. The summed E-state index contributed by atoms with van der Waals surface area (Å²) in [4.78, 5) is 11.7. The molecule has 1 fully saturated rings. The molecule has 1 rings (SSSR count). The highest BCUT2D eigenvalue weighted by molar-refractivity contribution is 7.87. The van der Waals surface area contributed by atoms with Crippen molar-refractivity contribution < 1.29 is 17.9 Å². The van der Waals surface area contributed by atoms with E-state index in [2.05, 4.69) is 10.0 Å². The molecule has 112 valence electrons. The number of rotatable bonds is 8. The van der Waals surface area contributed by atoms with Gasteiger partial charge in [0.15, 0.2) is 0 Å². The first kappa shape index (κ1) is 16.4. The number of ether oxygens (including phenoxy) is 1. The monoisotopic (exact) mass is 293 g/mol. The van der Waals surface area contributed by atoms with Gasteiger partial charge in [-0.25, -0.2) is 4.72 Å². The van der Waals surface area contributed by atoms with Crippen LogP contribution in [0.2, 0.25) is 0 Å². The van der Waals surface area contributed by atoms with Crippen LogP contribution in [0, 0.1) is 0 Å². The maximum atomic E-state index is 12.1. The van der Waals surface area contributed by atoms with E-state index in [0.29, 0.717) is 32.4 Å². The zero-order chi connectivity index (χ0) is 14.3. The van der Waals surface area contributed by atoms with Crippen molar-refractivity contribution >= 4 is 16.2 Å². The molecule has 0 amide bonds. The predicted molar refractivity (Wildman–Crippen MR) is 71.8 cm³/mol. The van der Waals surface area contributed by atoms with Crippen molar-refractivity contribution in [1.29, 1.82) is 0 Å². The van der Waals surface area contributed by atoms with Crippen LogP contribution in [0.5, 0.6) is 0 Å². The van der Waals surface area contributed by atoms with Gasteiger partial charge in [0, 0.05) is 13.1 Å². The third-order valence-electron chi connectivity index (χ3n) is 2.96. The van der Waals surface area contributed by atoms with Gasteiger partial charge in [0.2, 0.25) is 0 Å². The minimum Gasteiger partial charge on any atom is -0.465 e. The Morgan fingerprint density at radius 3 is 2.79 bits per heavy atom. The summed E-state index contributed by atoms with van der Waals surface area (Å²) >= 11 is 0. The van der Waals surface area contributed by atoms with Gasteiger partial charge in [0.1, 0.15) is 6.04 Å². The molecule has 1 unspecified atom stereocenters. The maximum Gasteiger partial charge on any atom is 0.324 e. The van der Waals surface area contributed by atoms with Gasteiger partial charge in [-0.3, -0.25) is 4.79 Å². The van der Waals surface area contributed by atoms with Crippen LogP contribution in [0.3, 0.4) is 0 Å². The molecule has 1 aliphatic rings. The number of hydrogen-bond donors (Lipinski definition) is 2. The van der Waals surface area contributed by atoms with Crippen molar-refractivity contribution in [3.05, 3.63) is 0 Å². The maximum absolute atomic E-state index is 12.1. The summed E-state index contributed by atoms with van der Waals surface area (Å²) in [6.07, 6.45) is 1.91. The zero-order valence-corrected chi connectivity index (χ0v) is 12.3. The quantitative estimate of drug-likeness (QED) is 0.463. The number of carbonyl (C=O) groups is 1. The highest BCUT2D eigenvalue weighted by Gasteiger charge is 2.39. The van der Waals surface area contributed by atoms with Gasteiger partial charge >= 0.3 is 5.97 Å². The third-order valence-corrected chi connectivity index (χ3v) is 4.58. The van der Waals surface area contributed by atoms with Crippen molar-refractivity contribution in [2.24, 2.45) is 0 Å². The molecule has 1 atom stereocenters. The lowest BCUT2D eigenvalue weighted by Crippen LogP contribution is -2.47. The van der Waals surface area contributed by atoms with Crippen LogP contribution in [0.15, 0.2) is 0 Å². The first-order chi connectivity index (χ1) is 9.03. The van der Waals surface area contributed by atoms with Crippen molar-refractivity contribution in [2.75, 3.05) is 33.3 Å². The zero-order valence-electron chi connectivity index (χ0n) is 11.5. The smallest absolute Gasteiger partial charge is 0.324 e. The average Bonchev–Trinajstić information content (AvgIpc) is 2.85. The van der Waals surface area contributed by atoms with E-state index in [4.69, 9.17) is 4.74 Å². The number of nitrogens with zero attached hydrogens (tertiary/aromatic N) is 1. The highest BCUT2D eigenvalue weighted by Crippen LogP contribution is 2.21. The molecule has 0 bridgehead atoms. The molecule has 7 nitrogen and oxygen atoms in total. The molecule has 0 radical (unpaired) electrons. The Bertz CT molecular complexity index is 385. The van der Waals surface area contributed by atoms with Crippen LogP contribution in [-0.2, 0) is 19.7 Å². The molecule has 0 saturated carbocycles. The van der Waals surface area contributed by atoms with Crippen LogP contribution in [0.25, 0.3) is 0 Å². The second kappa shape index (κ2) is 7.78. The normalized spacial score (nSPS) is 20.6. The van der Waals surface area contributed by atoms with E-state index in [1.54, 1.807) is 6.92 Å². The Hall–Kier alpha value is -0.700. The fourth-order valence-corrected chi connectivity index (χ4v) is 3.52. The van der Waals surface area contributed by atoms with Crippen molar-refractivity contribution in [3.63, 3.8) is 0 Å². The fraction of sp³-hybridized carbons (Fsp3) is 0.909. The molecule has 0 spiro atoms. The van der Waals surface area contributed by atoms with E-state index >= 15 is 0 Å². The van der Waals surface area contributed by atoms with Gasteiger partial charge in [0.25, 0.3) is 10.2 Å². The van der Waals surface area contributed by atoms with Crippen LogP contribution in [0.1, 0.15) is 26.2 Å². The minimum atomic E-state index is -3.60. The van der Waals surface area contributed by atoms with Gasteiger partial charge in [-0.1, -0.05) is 0 Å². The van der Waals surface area contributed by atoms with Crippen molar-refractivity contribution in [1.82, 2.24) is 14.3 Å². The summed E-state index contributed by atoms with van der Waals surface area (Å²) in [6, 6.07) is -0.679. The summed E-state index contributed by atoms with van der Waals surface area (Å²) in [5.74, 6) is -0.458. The molecule has 1 heterocycles. The summed E-state index contributed by atoms with van der Waals surface area (Å²) in [7, 11) is -1.79. The van der Waals surface area contributed by atoms with E-state index in [0.717, 1.165) is 6.54 Å². The van der Waals surface area contributed by atoms with Crippen LogP contribution < -0.4 is 10.0 Å². The van der Waals surface area contributed by atoms with E-state index in [1.165, 1.54) is 4.31 Å². The highest BCUT2D eigenvalue weighted by atomic mass is 32.2. The Labute approximate surface area is 114 Å². The largest absolute Gasteiger partial charge is 0.465 e. The van der Waals surface area contributed by atoms with Gasteiger partial charge in [-0.2, -0.15) is 12.7 Å². The second-order valence-corrected chi connectivity index (χ2v) is 6.09. The van der Waals surface area contributed by atoms with Crippen LogP contribution in [-0.4, -0.2) is 58.0 Å². The van der Waals surface area contributed by atoms with E-state index in [1.807, 2.05) is 7.05 Å². The summed E-state index contributed by atoms with van der Waals surface area (Å²) in [5, 5.41) is 2.94. The Morgan fingerprint density at radius 2 is 2.16 bits per heavy atom. The Balaban J connectivity index is 2.58. The molecule has 1 saturated heterocycles. The number of esters is 1. The SMILES string of the molecule is CCOC(=O)C1CCCN1S(=O)(=O)NCCCNC. The number of nitrogens with one attached hydrogen (secondary N) is 2. The van der Waals surface area contributed by atoms with Gasteiger partial charge in [-0.15, -0.1) is 0 Å². The lowest BCUT2D eigenvalue weighted by atomic mass is 10.2. The first-order valence-corrected chi connectivity index (χ1v) is 8.04.